The number of carbonyl (C=O) groups excluding carboxylic acids is 1. The summed E-state index contributed by atoms with van der Waals surface area (Å²) in [6.45, 7) is 0.876. The van der Waals surface area contributed by atoms with Gasteiger partial charge in [-0.1, -0.05) is 23.7 Å². The fourth-order valence-corrected chi connectivity index (χ4v) is 2.64. The zero-order valence-electron chi connectivity index (χ0n) is 10.8. The lowest BCUT2D eigenvalue weighted by atomic mass is 9.94. The van der Waals surface area contributed by atoms with E-state index in [1.807, 2.05) is 43.3 Å². The lowest BCUT2D eigenvalue weighted by Crippen LogP contribution is -2.26. The van der Waals surface area contributed by atoms with Crippen LogP contribution < -0.4 is 5.32 Å². The van der Waals surface area contributed by atoms with Crippen LogP contribution in [0.5, 0.6) is 0 Å². The molecule has 2 unspecified atom stereocenters. The number of nitrogens with one attached hydrogen (secondary N) is 1. The number of likely N-dealkylation sites (tertiary alicyclic amines) is 1. The van der Waals surface area contributed by atoms with Gasteiger partial charge in [-0.15, -0.1) is 0 Å². The number of carbonyl (C=O) groups is 1. The molecule has 0 spiro atoms. The summed E-state index contributed by atoms with van der Waals surface area (Å²) in [6, 6.07) is 8.04. The predicted molar refractivity (Wildman–Crippen MR) is 73.6 cm³/mol. The zero-order valence-corrected chi connectivity index (χ0v) is 11.6. The van der Waals surface area contributed by atoms with Crippen LogP contribution in [0.25, 0.3) is 0 Å². The highest BCUT2D eigenvalue weighted by molar-refractivity contribution is 6.30. The van der Waals surface area contributed by atoms with Crippen LogP contribution in [0.4, 0.5) is 0 Å². The summed E-state index contributed by atoms with van der Waals surface area (Å²) in [5.74, 6) is 0.410. The Morgan fingerprint density at radius 1 is 1.44 bits per heavy atom. The third-order valence-electron chi connectivity index (χ3n) is 3.68. The lowest BCUT2D eigenvalue weighted by molar-refractivity contribution is -0.130. The molecule has 1 saturated heterocycles. The van der Waals surface area contributed by atoms with Crippen molar-refractivity contribution < 1.29 is 4.79 Å². The molecular weight excluding hydrogens is 248 g/mol. The SMILES string of the molecule is CNC(CC1CCN(C)C1=O)c1ccc(Cl)cc1. The molecule has 3 nitrogen and oxygen atoms in total. The number of hydrogen-bond acceptors (Lipinski definition) is 2. The first-order valence-electron chi connectivity index (χ1n) is 6.29. The number of hydrogen-bond donors (Lipinski definition) is 1. The van der Waals surface area contributed by atoms with Crippen molar-refractivity contribution in [1.29, 1.82) is 0 Å². The second-order valence-corrected chi connectivity index (χ2v) is 5.31. The molecule has 18 heavy (non-hydrogen) atoms. The summed E-state index contributed by atoms with van der Waals surface area (Å²) in [4.78, 5) is 13.7. The molecule has 1 amide bonds. The van der Waals surface area contributed by atoms with E-state index in [9.17, 15) is 4.79 Å². The highest BCUT2D eigenvalue weighted by atomic mass is 35.5. The molecule has 0 saturated carbocycles. The van der Waals surface area contributed by atoms with Gasteiger partial charge < -0.3 is 10.2 Å². The molecule has 1 fully saturated rings. The molecule has 1 N–H and O–H groups in total. The molecule has 0 radical (unpaired) electrons. The summed E-state index contributed by atoms with van der Waals surface area (Å²) in [5, 5.41) is 4.03. The fourth-order valence-electron chi connectivity index (χ4n) is 2.51. The smallest absolute Gasteiger partial charge is 0.225 e. The van der Waals surface area contributed by atoms with Crippen LogP contribution in [0.1, 0.15) is 24.4 Å². The highest BCUT2D eigenvalue weighted by Crippen LogP contribution is 2.28. The maximum Gasteiger partial charge on any atom is 0.225 e. The Morgan fingerprint density at radius 2 is 2.11 bits per heavy atom. The molecule has 98 valence electrons. The molecule has 0 bridgehead atoms. The van der Waals surface area contributed by atoms with Gasteiger partial charge in [0.2, 0.25) is 5.91 Å². The maximum absolute atomic E-state index is 11.9. The summed E-state index contributed by atoms with van der Waals surface area (Å²) < 4.78 is 0. The van der Waals surface area contributed by atoms with E-state index in [1.54, 1.807) is 0 Å². The van der Waals surface area contributed by atoms with Gasteiger partial charge >= 0.3 is 0 Å². The minimum Gasteiger partial charge on any atom is -0.345 e. The predicted octanol–water partition coefficient (Wildman–Crippen LogP) is 2.47. The first kappa shape index (κ1) is 13.4. The molecule has 4 heteroatoms. The average molecular weight is 267 g/mol. The third-order valence-corrected chi connectivity index (χ3v) is 3.93. The van der Waals surface area contributed by atoms with Gasteiger partial charge in [-0.05, 0) is 37.6 Å². The Bertz CT molecular complexity index is 418. The number of nitrogens with zero attached hydrogens (tertiary/aromatic N) is 1. The van der Waals surface area contributed by atoms with Crippen molar-refractivity contribution in [3.8, 4) is 0 Å². The molecule has 0 aromatic heterocycles. The Morgan fingerprint density at radius 3 is 2.61 bits per heavy atom. The van der Waals surface area contributed by atoms with E-state index < -0.39 is 0 Å². The van der Waals surface area contributed by atoms with Gasteiger partial charge in [-0.3, -0.25) is 4.79 Å². The van der Waals surface area contributed by atoms with Crippen molar-refractivity contribution in [2.45, 2.75) is 18.9 Å². The number of rotatable bonds is 4. The van der Waals surface area contributed by atoms with Gasteiger partial charge in [0.25, 0.3) is 0 Å². The van der Waals surface area contributed by atoms with Crippen LogP contribution in [-0.4, -0.2) is 31.4 Å². The normalized spacial score (nSPS) is 21.4. The van der Waals surface area contributed by atoms with Crippen molar-refractivity contribution in [3.05, 3.63) is 34.9 Å². The molecule has 0 aliphatic carbocycles. The first-order valence-corrected chi connectivity index (χ1v) is 6.67. The van der Waals surface area contributed by atoms with Gasteiger partial charge in [0, 0.05) is 30.6 Å². The maximum atomic E-state index is 11.9. The summed E-state index contributed by atoms with van der Waals surface area (Å²) >= 11 is 5.89. The van der Waals surface area contributed by atoms with Crippen LogP contribution in [0.15, 0.2) is 24.3 Å². The van der Waals surface area contributed by atoms with Gasteiger partial charge in [-0.25, -0.2) is 0 Å². The van der Waals surface area contributed by atoms with E-state index in [4.69, 9.17) is 11.6 Å². The number of amides is 1. The van der Waals surface area contributed by atoms with Gasteiger partial charge in [0.1, 0.15) is 0 Å². The van der Waals surface area contributed by atoms with Crippen LogP contribution in [0.3, 0.4) is 0 Å². The number of halogens is 1. The highest BCUT2D eigenvalue weighted by Gasteiger charge is 2.31. The van der Waals surface area contributed by atoms with Crippen LogP contribution in [-0.2, 0) is 4.79 Å². The van der Waals surface area contributed by atoms with E-state index in [-0.39, 0.29) is 17.9 Å². The fraction of sp³-hybridized carbons (Fsp3) is 0.500. The Balaban J connectivity index is 2.06. The van der Waals surface area contributed by atoms with E-state index in [0.29, 0.717) is 0 Å². The number of benzene rings is 1. The first-order chi connectivity index (χ1) is 8.61. The third kappa shape index (κ3) is 2.85. The second kappa shape index (κ2) is 5.72. The molecular formula is C14H19ClN2O. The van der Waals surface area contributed by atoms with Crippen molar-refractivity contribution >= 4 is 17.5 Å². The van der Waals surface area contributed by atoms with Crippen molar-refractivity contribution in [3.63, 3.8) is 0 Å². The largest absolute Gasteiger partial charge is 0.345 e. The summed E-state index contributed by atoms with van der Waals surface area (Å²) in [7, 11) is 3.81. The molecule has 1 aliphatic heterocycles. The van der Waals surface area contributed by atoms with Gasteiger partial charge in [0.05, 0.1) is 0 Å². The van der Waals surface area contributed by atoms with E-state index in [0.717, 1.165) is 24.4 Å². The zero-order chi connectivity index (χ0) is 13.1. The Hall–Kier alpha value is -1.06. The minimum absolute atomic E-state index is 0.142. The standard InChI is InChI=1S/C14H19ClN2O/c1-16-13(10-3-5-12(15)6-4-10)9-11-7-8-17(2)14(11)18/h3-6,11,13,16H,7-9H2,1-2H3. The molecule has 1 heterocycles. The van der Waals surface area contributed by atoms with Crippen LogP contribution in [0.2, 0.25) is 5.02 Å². The van der Waals surface area contributed by atoms with Gasteiger partial charge in [-0.2, -0.15) is 0 Å². The summed E-state index contributed by atoms with van der Waals surface area (Å²) in [6.07, 6.45) is 1.81. The molecule has 2 atom stereocenters. The van der Waals surface area contributed by atoms with E-state index >= 15 is 0 Å². The molecule has 1 aromatic rings. The van der Waals surface area contributed by atoms with E-state index in [1.165, 1.54) is 5.56 Å². The van der Waals surface area contributed by atoms with Crippen molar-refractivity contribution in [1.82, 2.24) is 10.2 Å². The van der Waals surface area contributed by atoms with E-state index in [2.05, 4.69) is 5.32 Å². The minimum atomic E-state index is 0.142. The van der Waals surface area contributed by atoms with Crippen molar-refractivity contribution in [2.75, 3.05) is 20.6 Å². The monoisotopic (exact) mass is 266 g/mol. The molecule has 2 rings (SSSR count). The van der Waals surface area contributed by atoms with Crippen molar-refractivity contribution in [2.24, 2.45) is 5.92 Å². The molecule has 1 aromatic carbocycles. The summed E-state index contributed by atoms with van der Waals surface area (Å²) in [5.41, 5.74) is 1.18. The van der Waals surface area contributed by atoms with Crippen LogP contribution in [0, 0.1) is 5.92 Å². The lowest BCUT2D eigenvalue weighted by Gasteiger charge is -2.20. The second-order valence-electron chi connectivity index (χ2n) is 4.87. The Kier molecular flexibility index (Phi) is 4.25. The average Bonchev–Trinajstić information content (AvgIpc) is 2.69. The van der Waals surface area contributed by atoms with Gasteiger partial charge in [0.15, 0.2) is 0 Å². The Labute approximate surface area is 113 Å². The molecule has 1 aliphatic rings. The quantitative estimate of drug-likeness (QED) is 0.908. The topological polar surface area (TPSA) is 32.3 Å². The van der Waals surface area contributed by atoms with Crippen LogP contribution >= 0.6 is 11.6 Å².